The summed E-state index contributed by atoms with van der Waals surface area (Å²) in [6.07, 6.45) is 1.66. The first kappa shape index (κ1) is 14.5. The molecule has 1 aromatic heterocycles. The number of aryl methyl sites for hydroxylation is 1. The van der Waals surface area contributed by atoms with Gasteiger partial charge in [-0.25, -0.2) is 4.98 Å². The summed E-state index contributed by atoms with van der Waals surface area (Å²) in [5.41, 5.74) is 3.09. The minimum absolute atomic E-state index is 0.210. The van der Waals surface area contributed by atoms with Crippen LogP contribution in [0, 0.1) is 6.92 Å². The van der Waals surface area contributed by atoms with Gasteiger partial charge in [-0.1, -0.05) is 15.9 Å². The van der Waals surface area contributed by atoms with Crippen molar-refractivity contribution in [3.05, 3.63) is 52.3 Å². The van der Waals surface area contributed by atoms with Crippen LogP contribution < -0.4 is 10.6 Å². The molecule has 0 saturated heterocycles. The van der Waals surface area contributed by atoms with Crippen LogP contribution in [0.15, 0.2) is 41.0 Å². The topological polar surface area (TPSA) is 54.0 Å². The van der Waals surface area contributed by atoms with Crippen LogP contribution in [0.2, 0.25) is 0 Å². The van der Waals surface area contributed by atoms with Gasteiger partial charge in [0, 0.05) is 16.7 Å². The maximum Gasteiger partial charge on any atom is 0.274 e. The number of carbonyl (C=O) groups is 1. The molecule has 0 aliphatic heterocycles. The number of hydrogen-bond donors (Lipinski definition) is 2. The summed E-state index contributed by atoms with van der Waals surface area (Å²) in [6, 6.07) is 9.27. The van der Waals surface area contributed by atoms with Gasteiger partial charge in [0.25, 0.3) is 5.91 Å². The van der Waals surface area contributed by atoms with Crippen molar-refractivity contribution in [1.82, 2.24) is 4.98 Å². The number of nitrogens with zero attached hydrogens (tertiary/aromatic N) is 1. The predicted molar refractivity (Wildman–Crippen MR) is 85.2 cm³/mol. The van der Waals surface area contributed by atoms with Gasteiger partial charge in [-0.15, -0.1) is 0 Å². The molecule has 2 aromatic rings. The van der Waals surface area contributed by atoms with Crippen molar-refractivity contribution in [3.8, 4) is 0 Å². The average molecular weight is 334 g/mol. The minimum Gasteiger partial charge on any atom is -0.384 e. The van der Waals surface area contributed by atoms with Gasteiger partial charge in [0.15, 0.2) is 0 Å². The molecule has 2 N–H and O–H groups in total. The summed E-state index contributed by atoms with van der Waals surface area (Å²) >= 11 is 3.40. The first-order chi connectivity index (χ1) is 9.60. The normalized spacial score (nSPS) is 10.2. The van der Waals surface area contributed by atoms with Gasteiger partial charge < -0.3 is 10.6 Å². The average Bonchev–Trinajstić information content (AvgIpc) is 2.43. The van der Waals surface area contributed by atoms with Gasteiger partial charge in [-0.05, 0) is 49.7 Å². The zero-order chi connectivity index (χ0) is 14.5. The lowest BCUT2D eigenvalue weighted by Crippen LogP contribution is -2.14. The van der Waals surface area contributed by atoms with Crippen LogP contribution in [0.3, 0.4) is 0 Å². The Morgan fingerprint density at radius 1 is 1.30 bits per heavy atom. The third-order valence-electron chi connectivity index (χ3n) is 2.81. The molecule has 1 heterocycles. The lowest BCUT2D eigenvalue weighted by Gasteiger charge is -2.09. The van der Waals surface area contributed by atoms with E-state index in [2.05, 4.69) is 31.5 Å². The fraction of sp³-hybridized carbons (Fsp3) is 0.200. The maximum atomic E-state index is 12.1. The molecule has 0 spiro atoms. The van der Waals surface area contributed by atoms with Crippen LogP contribution in [0.5, 0.6) is 0 Å². The summed E-state index contributed by atoms with van der Waals surface area (Å²) in [6.45, 7) is 4.78. The molecule has 2 rings (SSSR count). The molecule has 0 fully saturated rings. The van der Waals surface area contributed by atoms with E-state index in [1.807, 2.05) is 38.1 Å². The number of rotatable bonds is 4. The highest BCUT2D eigenvalue weighted by molar-refractivity contribution is 9.10. The molecule has 0 aliphatic carbocycles. The third kappa shape index (κ3) is 3.57. The van der Waals surface area contributed by atoms with Crippen molar-refractivity contribution in [2.45, 2.75) is 13.8 Å². The van der Waals surface area contributed by atoms with Crippen LogP contribution in [0.4, 0.5) is 11.4 Å². The number of pyridine rings is 1. The Morgan fingerprint density at radius 2 is 2.10 bits per heavy atom. The Hall–Kier alpha value is -1.88. The number of carbonyl (C=O) groups excluding carboxylic acids is 1. The molecule has 0 aliphatic rings. The van der Waals surface area contributed by atoms with Crippen LogP contribution in [-0.2, 0) is 0 Å². The number of hydrogen-bond acceptors (Lipinski definition) is 3. The Balaban J connectivity index is 2.11. The number of benzene rings is 1. The highest BCUT2D eigenvalue weighted by Gasteiger charge is 2.09. The number of anilines is 2. The van der Waals surface area contributed by atoms with E-state index >= 15 is 0 Å². The van der Waals surface area contributed by atoms with Gasteiger partial charge >= 0.3 is 0 Å². The second-order valence-electron chi connectivity index (χ2n) is 4.38. The second-order valence-corrected chi connectivity index (χ2v) is 5.29. The third-order valence-corrected chi connectivity index (χ3v) is 3.31. The van der Waals surface area contributed by atoms with Crippen molar-refractivity contribution in [3.63, 3.8) is 0 Å². The van der Waals surface area contributed by atoms with E-state index in [1.165, 1.54) is 0 Å². The molecule has 1 aromatic carbocycles. The number of amides is 1. The molecule has 104 valence electrons. The van der Waals surface area contributed by atoms with Gasteiger partial charge in [0.2, 0.25) is 0 Å². The fourth-order valence-electron chi connectivity index (χ4n) is 1.79. The molecular formula is C15H16BrN3O. The quantitative estimate of drug-likeness (QED) is 0.893. The molecule has 0 saturated carbocycles. The number of aromatic nitrogens is 1. The molecule has 5 heteroatoms. The van der Waals surface area contributed by atoms with Crippen LogP contribution in [0.1, 0.15) is 23.0 Å². The smallest absolute Gasteiger partial charge is 0.274 e. The first-order valence-corrected chi connectivity index (χ1v) is 7.17. The first-order valence-electron chi connectivity index (χ1n) is 6.37. The van der Waals surface area contributed by atoms with Gasteiger partial charge in [0.05, 0.1) is 11.9 Å². The predicted octanol–water partition coefficient (Wildman–Crippen LogP) is 3.84. The highest BCUT2D eigenvalue weighted by Crippen LogP contribution is 2.20. The molecule has 4 nitrogen and oxygen atoms in total. The van der Waals surface area contributed by atoms with E-state index in [0.29, 0.717) is 5.69 Å². The van der Waals surface area contributed by atoms with E-state index in [9.17, 15) is 4.79 Å². The Labute approximate surface area is 126 Å². The van der Waals surface area contributed by atoms with E-state index < -0.39 is 0 Å². The maximum absolute atomic E-state index is 12.1. The Morgan fingerprint density at radius 3 is 2.70 bits per heavy atom. The van der Waals surface area contributed by atoms with E-state index in [4.69, 9.17) is 0 Å². The molecule has 0 atom stereocenters. The summed E-state index contributed by atoms with van der Waals surface area (Å²) in [5, 5.41) is 6.00. The lowest BCUT2D eigenvalue weighted by molar-refractivity contribution is 0.102. The van der Waals surface area contributed by atoms with E-state index in [-0.39, 0.29) is 5.91 Å². The van der Waals surface area contributed by atoms with Crippen molar-refractivity contribution in [2.75, 3.05) is 17.2 Å². The number of nitrogens with one attached hydrogen (secondary N) is 2. The highest BCUT2D eigenvalue weighted by atomic mass is 79.9. The SMILES string of the molecule is CCNc1ccc(C(=O)Nc2ccc(Br)cc2C)nc1. The minimum atomic E-state index is -0.210. The van der Waals surface area contributed by atoms with Crippen molar-refractivity contribution >= 4 is 33.2 Å². The van der Waals surface area contributed by atoms with Crippen LogP contribution in [0.25, 0.3) is 0 Å². The summed E-state index contributed by atoms with van der Waals surface area (Å²) in [5.74, 6) is -0.210. The lowest BCUT2D eigenvalue weighted by atomic mass is 10.2. The van der Waals surface area contributed by atoms with Crippen molar-refractivity contribution in [2.24, 2.45) is 0 Å². The molecule has 20 heavy (non-hydrogen) atoms. The van der Waals surface area contributed by atoms with E-state index in [0.717, 1.165) is 28.0 Å². The number of halogens is 1. The van der Waals surface area contributed by atoms with Crippen molar-refractivity contribution < 1.29 is 4.79 Å². The van der Waals surface area contributed by atoms with Gasteiger partial charge in [-0.3, -0.25) is 4.79 Å². The Kier molecular flexibility index (Phi) is 4.74. The Bertz CT molecular complexity index is 611. The summed E-state index contributed by atoms with van der Waals surface area (Å²) < 4.78 is 0.987. The van der Waals surface area contributed by atoms with Crippen molar-refractivity contribution in [1.29, 1.82) is 0 Å². The largest absolute Gasteiger partial charge is 0.384 e. The molecule has 0 unspecified atom stereocenters. The molecule has 0 bridgehead atoms. The standard InChI is InChI=1S/C15H16BrN3O/c1-3-17-12-5-7-14(18-9-12)15(20)19-13-6-4-11(16)8-10(13)2/h4-9,17H,3H2,1-2H3,(H,19,20). The molecule has 0 radical (unpaired) electrons. The van der Waals surface area contributed by atoms with Crippen LogP contribution >= 0.6 is 15.9 Å². The fourth-order valence-corrected chi connectivity index (χ4v) is 2.27. The van der Waals surface area contributed by atoms with Gasteiger partial charge in [0.1, 0.15) is 5.69 Å². The second kappa shape index (κ2) is 6.52. The van der Waals surface area contributed by atoms with E-state index in [1.54, 1.807) is 12.3 Å². The monoisotopic (exact) mass is 333 g/mol. The van der Waals surface area contributed by atoms with Crippen LogP contribution in [-0.4, -0.2) is 17.4 Å². The summed E-state index contributed by atoms with van der Waals surface area (Å²) in [7, 11) is 0. The molecular weight excluding hydrogens is 318 g/mol. The van der Waals surface area contributed by atoms with Gasteiger partial charge in [-0.2, -0.15) is 0 Å². The zero-order valence-electron chi connectivity index (χ0n) is 11.4. The summed E-state index contributed by atoms with van der Waals surface area (Å²) in [4.78, 5) is 16.3. The molecule has 1 amide bonds. The zero-order valence-corrected chi connectivity index (χ0v) is 13.0.